The second-order valence-corrected chi connectivity index (χ2v) is 7.63. The standard InChI is InChI=1S/C17H26N2O6/c1-6-24-15(23)19-12(20)10-18(11-7-8-11)14(22)17(19,5)9-13(21)25-16(2,3)4/h11H,6-10H2,1-5H3/t17-/m0/s1. The van der Waals surface area contributed by atoms with Crippen molar-refractivity contribution in [3.63, 3.8) is 0 Å². The van der Waals surface area contributed by atoms with E-state index in [-0.39, 0.29) is 19.2 Å². The Morgan fingerprint density at radius 3 is 2.32 bits per heavy atom. The van der Waals surface area contributed by atoms with Gasteiger partial charge in [-0.25, -0.2) is 9.69 Å². The molecule has 0 unspecified atom stereocenters. The highest BCUT2D eigenvalue weighted by molar-refractivity contribution is 6.07. The molecule has 1 saturated heterocycles. The summed E-state index contributed by atoms with van der Waals surface area (Å²) in [7, 11) is 0. The Morgan fingerprint density at radius 1 is 1.24 bits per heavy atom. The van der Waals surface area contributed by atoms with Crippen LogP contribution in [0.25, 0.3) is 0 Å². The second kappa shape index (κ2) is 6.65. The molecule has 8 heteroatoms. The molecule has 1 aliphatic carbocycles. The first kappa shape index (κ1) is 19.2. The van der Waals surface area contributed by atoms with Crippen molar-refractivity contribution < 1.29 is 28.7 Å². The molecule has 0 spiro atoms. The molecule has 0 aromatic carbocycles. The van der Waals surface area contributed by atoms with Crippen molar-refractivity contribution in [3.05, 3.63) is 0 Å². The van der Waals surface area contributed by atoms with Crippen molar-refractivity contribution in [2.24, 2.45) is 0 Å². The summed E-state index contributed by atoms with van der Waals surface area (Å²) in [5.41, 5.74) is -2.38. The average Bonchev–Trinajstić information content (AvgIpc) is 3.25. The highest BCUT2D eigenvalue weighted by atomic mass is 16.6. The average molecular weight is 354 g/mol. The van der Waals surface area contributed by atoms with E-state index in [1.54, 1.807) is 27.7 Å². The number of amides is 3. The van der Waals surface area contributed by atoms with Gasteiger partial charge in [-0.05, 0) is 47.5 Å². The Bertz CT molecular complexity index is 592. The zero-order valence-electron chi connectivity index (χ0n) is 15.5. The third-order valence-corrected chi connectivity index (χ3v) is 4.12. The SMILES string of the molecule is CCOC(=O)N1C(=O)CN(C2CC2)C(=O)[C@]1(C)CC(=O)OC(C)(C)C. The van der Waals surface area contributed by atoms with Gasteiger partial charge in [0.15, 0.2) is 0 Å². The molecular formula is C17H26N2O6. The molecule has 0 N–H and O–H groups in total. The molecule has 1 aliphatic heterocycles. The van der Waals surface area contributed by atoms with Gasteiger partial charge in [0.25, 0.3) is 5.91 Å². The molecule has 0 aromatic heterocycles. The number of carbonyl (C=O) groups is 4. The van der Waals surface area contributed by atoms with Crippen molar-refractivity contribution in [1.82, 2.24) is 9.80 Å². The molecule has 3 amide bonds. The number of hydrogen-bond acceptors (Lipinski definition) is 6. The van der Waals surface area contributed by atoms with E-state index in [0.717, 1.165) is 17.7 Å². The number of hydrogen-bond donors (Lipinski definition) is 0. The van der Waals surface area contributed by atoms with Crippen LogP contribution in [0, 0.1) is 0 Å². The maximum atomic E-state index is 13.0. The highest BCUT2D eigenvalue weighted by Crippen LogP contribution is 2.36. The maximum Gasteiger partial charge on any atom is 0.417 e. The molecule has 8 nitrogen and oxygen atoms in total. The van der Waals surface area contributed by atoms with Crippen LogP contribution in [0.5, 0.6) is 0 Å². The molecule has 140 valence electrons. The number of ether oxygens (including phenoxy) is 2. The van der Waals surface area contributed by atoms with Crippen molar-refractivity contribution in [2.75, 3.05) is 13.2 Å². The van der Waals surface area contributed by atoms with E-state index in [2.05, 4.69) is 0 Å². The quantitative estimate of drug-likeness (QED) is 0.710. The largest absolute Gasteiger partial charge is 0.460 e. The Labute approximate surface area is 147 Å². The van der Waals surface area contributed by atoms with E-state index in [9.17, 15) is 19.2 Å². The highest BCUT2D eigenvalue weighted by Gasteiger charge is 2.56. The minimum atomic E-state index is -1.65. The first-order valence-electron chi connectivity index (χ1n) is 8.52. The van der Waals surface area contributed by atoms with Crippen molar-refractivity contribution in [3.8, 4) is 0 Å². The number of rotatable bonds is 4. The first-order valence-corrected chi connectivity index (χ1v) is 8.52. The van der Waals surface area contributed by atoms with E-state index in [1.807, 2.05) is 0 Å². The summed E-state index contributed by atoms with van der Waals surface area (Å²) in [4.78, 5) is 52.4. The summed E-state index contributed by atoms with van der Waals surface area (Å²) < 4.78 is 10.2. The molecule has 1 saturated carbocycles. The van der Waals surface area contributed by atoms with Gasteiger partial charge >= 0.3 is 12.1 Å². The summed E-state index contributed by atoms with van der Waals surface area (Å²) >= 11 is 0. The van der Waals surface area contributed by atoms with Gasteiger partial charge in [-0.1, -0.05) is 0 Å². The fraction of sp³-hybridized carbons (Fsp3) is 0.765. The third kappa shape index (κ3) is 4.11. The fourth-order valence-corrected chi connectivity index (χ4v) is 2.95. The molecule has 1 heterocycles. The molecular weight excluding hydrogens is 328 g/mol. The molecule has 2 fully saturated rings. The fourth-order valence-electron chi connectivity index (χ4n) is 2.95. The smallest absolute Gasteiger partial charge is 0.417 e. The lowest BCUT2D eigenvalue weighted by Gasteiger charge is -2.45. The number of nitrogens with zero attached hydrogens (tertiary/aromatic N) is 2. The zero-order valence-corrected chi connectivity index (χ0v) is 15.5. The van der Waals surface area contributed by atoms with Crippen LogP contribution in [-0.2, 0) is 23.9 Å². The Kier molecular flexibility index (Phi) is 5.11. The van der Waals surface area contributed by atoms with Gasteiger partial charge in [0.1, 0.15) is 17.7 Å². The minimum Gasteiger partial charge on any atom is -0.460 e. The van der Waals surface area contributed by atoms with Crippen LogP contribution in [0.2, 0.25) is 0 Å². The molecule has 0 aromatic rings. The van der Waals surface area contributed by atoms with Crippen LogP contribution in [0.1, 0.15) is 53.9 Å². The summed E-state index contributed by atoms with van der Waals surface area (Å²) in [6.07, 6.45) is 0.320. The number of carbonyl (C=O) groups excluding carboxylic acids is 4. The molecule has 2 rings (SSSR count). The van der Waals surface area contributed by atoms with Gasteiger partial charge in [-0.3, -0.25) is 14.4 Å². The summed E-state index contributed by atoms with van der Waals surface area (Å²) in [5.74, 6) is -1.62. The van der Waals surface area contributed by atoms with Crippen molar-refractivity contribution >= 4 is 23.9 Å². The van der Waals surface area contributed by atoms with Crippen molar-refractivity contribution in [1.29, 1.82) is 0 Å². The van der Waals surface area contributed by atoms with Crippen LogP contribution >= 0.6 is 0 Å². The Morgan fingerprint density at radius 2 is 1.84 bits per heavy atom. The normalized spacial score (nSPS) is 24.4. The Hall–Kier alpha value is -2.12. The minimum absolute atomic E-state index is 0.00115. The van der Waals surface area contributed by atoms with Crippen LogP contribution < -0.4 is 0 Å². The number of piperazine rings is 1. The lowest BCUT2D eigenvalue weighted by atomic mass is 9.90. The molecule has 1 atom stereocenters. The van der Waals surface area contributed by atoms with Gasteiger partial charge < -0.3 is 14.4 Å². The van der Waals surface area contributed by atoms with Gasteiger partial charge in [-0.2, -0.15) is 0 Å². The van der Waals surface area contributed by atoms with E-state index in [4.69, 9.17) is 9.47 Å². The van der Waals surface area contributed by atoms with Gasteiger partial charge in [0.05, 0.1) is 13.0 Å². The topological polar surface area (TPSA) is 93.2 Å². The van der Waals surface area contributed by atoms with Crippen LogP contribution in [-0.4, -0.2) is 64.0 Å². The molecule has 0 bridgehead atoms. The summed E-state index contributed by atoms with van der Waals surface area (Å²) in [5, 5.41) is 0. The molecule has 25 heavy (non-hydrogen) atoms. The Balaban J connectivity index is 2.32. The van der Waals surface area contributed by atoms with Gasteiger partial charge in [-0.15, -0.1) is 0 Å². The van der Waals surface area contributed by atoms with Crippen molar-refractivity contribution in [2.45, 2.75) is 71.1 Å². The molecule has 2 aliphatic rings. The first-order chi connectivity index (χ1) is 11.5. The lowest BCUT2D eigenvalue weighted by molar-refractivity contribution is -0.170. The second-order valence-electron chi connectivity index (χ2n) is 7.63. The van der Waals surface area contributed by atoms with Crippen LogP contribution in [0.3, 0.4) is 0 Å². The number of imide groups is 1. The zero-order chi connectivity index (χ0) is 19.0. The third-order valence-electron chi connectivity index (χ3n) is 4.12. The van der Waals surface area contributed by atoms with E-state index < -0.39 is 41.4 Å². The van der Waals surface area contributed by atoms with Gasteiger partial charge in [0.2, 0.25) is 5.91 Å². The summed E-state index contributed by atoms with van der Waals surface area (Å²) in [6, 6.07) is -0.00115. The summed E-state index contributed by atoms with van der Waals surface area (Å²) in [6.45, 7) is 8.04. The lowest BCUT2D eigenvalue weighted by Crippen LogP contribution is -2.69. The van der Waals surface area contributed by atoms with Gasteiger partial charge in [0, 0.05) is 6.04 Å². The van der Waals surface area contributed by atoms with E-state index >= 15 is 0 Å². The van der Waals surface area contributed by atoms with Crippen LogP contribution in [0.4, 0.5) is 4.79 Å². The van der Waals surface area contributed by atoms with Crippen LogP contribution in [0.15, 0.2) is 0 Å². The maximum absolute atomic E-state index is 13.0. The predicted octanol–water partition coefficient (Wildman–Crippen LogP) is 1.47. The van der Waals surface area contributed by atoms with E-state index in [1.165, 1.54) is 11.8 Å². The van der Waals surface area contributed by atoms with E-state index in [0.29, 0.717) is 0 Å². The predicted molar refractivity (Wildman–Crippen MR) is 87.5 cm³/mol. The monoisotopic (exact) mass is 354 g/mol. The molecule has 0 radical (unpaired) electrons. The number of esters is 1.